The number of carbonyl (C=O) groups is 1. The zero-order chi connectivity index (χ0) is 11.1. The van der Waals surface area contributed by atoms with Gasteiger partial charge in [0.1, 0.15) is 0 Å². The molecule has 0 aliphatic heterocycles. The van der Waals surface area contributed by atoms with E-state index >= 15 is 0 Å². The van der Waals surface area contributed by atoms with Gasteiger partial charge in [-0.3, -0.25) is 9.78 Å². The lowest BCUT2D eigenvalue weighted by Crippen LogP contribution is -2.15. The van der Waals surface area contributed by atoms with Gasteiger partial charge in [0, 0.05) is 12.6 Å². The normalized spacial score (nSPS) is 10.0. The Morgan fingerprint density at radius 2 is 2.27 bits per heavy atom. The fraction of sp³-hybridized carbons (Fsp3) is 0.455. The molecule has 0 bridgehead atoms. The van der Waals surface area contributed by atoms with Crippen LogP contribution in [0.15, 0.2) is 18.5 Å². The Balaban J connectivity index is 2.37. The molecule has 0 saturated carbocycles. The predicted molar refractivity (Wildman–Crippen MR) is 60.8 cm³/mol. The summed E-state index contributed by atoms with van der Waals surface area (Å²) in [7, 11) is 1.88. The summed E-state index contributed by atoms with van der Waals surface area (Å²) in [6.45, 7) is 2.81. The van der Waals surface area contributed by atoms with E-state index < -0.39 is 0 Å². The summed E-state index contributed by atoms with van der Waals surface area (Å²) in [5.41, 5.74) is 1.81. The molecule has 0 atom stereocenters. The van der Waals surface area contributed by atoms with Crippen LogP contribution in [0.2, 0.25) is 0 Å². The van der Waals surface area contributed by atoms with Gasteiger partial charge in [0.2, 0.25) is 5.91 Å². The number of carbonyl (C=O) groups excluding carboxylic acids is 1. The van der Waals surface area contributed by atoms with E-state index in [2.05, 4.69) is 15.6 Å². The maximum Gasteiger partial charge on any atom is 0.224 e. The molecule has 1 heterocycles. The molecule has 1 aromatic rings. The Hall–Kier alpha value is -1.42. The highest BCUT2D eigenvalue weighted by molar-refractivity contribution is 5.90. The Morgan fingerprint density at radius 3 is 2.93 bits per heavy atom. The van der Waals surface area contributed by atoms with Crippen LogP contribution in [0.5, 0.6) is 0 Å². The second-order valence-electron chi connectivity index (χ2n) is 3.51. The number of anilines is 1. The van der Waals surface area contributed by atoms with Crippen molar-refractivity contribution < 1.29 is 4.79 Å². The molecule has 4 heteroatoms. The van der Waals surface area contributed by atoms with Crippen molar-refractivity contribution in [1.29, 1.82) is 0 Å². The molecule has 0 radical (unpaired) electrons. The number of pyridine rings is 1. The number of nitrogens with one attached hydrogen (secondary N) is 2. The van der Waals surface area contributed by atoms with Crippen LogP contribution in [0.3, 0.4) is 0 Å². The molecule has 0 saturated heterocycles. The number of hydrogen-bond donors (Lipinski definition) is 2. The molecule has 1 rings (SSSR count). The van der Waals surface area contributed by atoms with E-state index in [-0.39, 0.29) is 5.91 Å². The van der Waals surface area contributed by atoms with Gasteiger partial charge in [-0.25, -0.2) is 0 Å². The number of hydrogen-bond acceptors (Lipinski definition) is 3. The minimum absolute atomic E-state index is 0.0395. The minimum atomic E-state index is 0.0395. The molecule has 0 aliphatic carbocycles. The number of rotatable bonds is 5. The first-order valence-electron chi connectivity index (χ1n) is 5.08. The Labute approximate surface area is 90.1 Å². The topological polar surface area (TPSA) is 54.0 Å². The number of aryl methyl sites for hydroxylation is 1. The molecule has 15 heavy (non-hydrogen) atoms. The largest absolute Gasteiger partial charge is 0.325 e. The van der Waals surface area contributed by atoms with Gasteiger partial charge in [-0.05, 0) is 38.6 Å². The van der Waals surface area contributed by atoms with E-state index in [0.717, 1.165) is 24.2 Å². The third-order valence-corrected chi connectivity index (χ3v) is 1.99. The van der Waals surface area contributed by atoms with Crippen LogP contribution < -0.4 is 10.6 Å². The van der Waals surface area contributed by atoms with Gasteiger partial charge >= 0.3 is 0 Å². The average Bonchev–Trinajstić information content (AvgIpc) is 2.18. The number of nitrogens with zero attached hydrogens (tertiary/aromatic N) is 1. The summed E-state index contributed by atoms with van der Waals surface area (Å²) < 4.78 is 0. The van der Waals surface area contributed by atoms with E-state index in [9.17, 15) is 4.79 Å². The molecule has 0 spiro atoms. The van der Waals surface area contributed by atoms with Crippen LogP contribution in [-0.4, -0.2) is 24.5 Å². The highest BCUT2D eigenvalue weighted by atomic mass is 16.1. The van der Waals surface area contributed by atoms with Crippen molar-refractivity contribution >= 4 is 11.6 Å². The SMILES string of the molecule is CNCCCC(=O)Nc1cncc(C)c1. The van der Waals surface area contributed by atoms with E-state index in [1.807, 2.05) is 20.0 Å². The van der Waals surface area contributed by atoms with Crippen LogP contribution in [0.4, 0.5) is 5.69 Å². The van der Waals surface area contributed by atoms with E-state index in [1.54, 1.807) is 12.4 Å². The van der Waals surface area contributed by atoms with Gasteiger partial charge in [0.05, 0.1) is 11.9 Å². The fourth-order valence-corrected chi connectivity index (χ4v) is 1.27. The monoisotopic (exact) mass is 207 g/mol. The van der Waals surface area contributed by atoms with E-state index in [0.29, 0.717) is 6.42 Å². The van der Waals surface area contributed by atoms with Gasteiger partial charge in [-0.2, -0.15) is 0 Å². The van der Waals surface area contributed by atoms with Crippen LogP contribution in [0.1, 0.15) is 18.4 Å². The van der Waals surface area contributed by atoms with Crippen molar-refractivity contribution in [2.24, 2.45) is 0 Å². The Kier molecular flexibility index (Phi) is 4.77. The van der Waals surface area contributed by atoms with E-state index in [1.165, 1.54) is 0 Å². The van der Waals surface area contributed by atoms with Gasteiger partial charge < -0.3 is 10.6 Å². The van der Waals surface area contributed by atoms with Crippen LogP contribution in [0.25, 0.3) is 0 Å². The van der Waals surface area contributed by atoms with Gasteiger partial charge in [-0.15, -0.1) is 0 Å². The standard InChI is InChI=1S/C11H17N3O/c1-9-6-10(8-13-7-9)14-11(15)4-3-5-12-2/h6-8,12H,3-5H2,1-2H3,(H,14,15). The second-order valence-corrected chi connectivity index (χ2v) is 3.51. The Bertz CT molecular complexity index is 325. The first-order valence-corrected chi connectivity index (χ1v) is 5.08. The molecule has 1 aromatic heterocycles. The first kappa shape index (κ1) is 11.7. The lowest BCUT2D eigenvalue weighted by atomic mass is 10.2. The molecular weight excluding hydrogens is 190 g/mol. The molecule has 82 valence electrons. The third kappa shape index (κ3) is 4.56. The van der Waals surface area contributed by atoms with Crippen LogP contribution >= 0.6 is 0 Å². The maximum absolute atomic E-state index is 11.4. The molecule has 4 nitrogen and oxygen atoms in total. The quantitative estimate of drug-likeness (QED) is 0.716. The van der Waals surface area contributed by atoms with Crippen molar-refractivity contribution in [1.82, 2.24) is 10.3 Å². The van der Waals surface area contributed by atoms with E-state index in [4.69, 9.17) is 0 Å². The summed E-state index contributed by atoms with van der Waals surface area (Å²) in [6, 6.07) is 1.91. The Morgan fingerprint density at radius 1 is 1.47 bits per heavy atom. The maximum atomic E-state index is 11.4. The summed E-state index contributed by atoms with van der Waals surface area (Å²) in [5.74, 6) is 0.0395. The summed E-state index contributed by atoms with van der Waals surface area (Å²) in [4.78, 5) is 15.4. The summed E-state index contributed by atoms with van der Waals surface area (Å²) in [5, 5.41) is 5.82. The summed E-state index contributed by atoms with van der Waals surface area (Å²) in [6.07, 6.45) is 4.80. The van der Waals surface area contributed by atoms with Crippen LogP contribution in [0, 0.1) is 6.92 Å². The van der Waals surface area contributed by atoms with Crippen molar-refractivity contribution in [2.75, 3.05) is 18.9 Å². The lowest BCUT2D eigenvalue weighted by Gasteiger charge is -2.05. The second kappa shape index (κ2) is 6.14. The third-order valence-electron chi connectivity index (χ3n) is 1.99. The molecule has 1 amide bonds. The fourth-order valence-electron chi connectivity index (χ4n) is 1.27. The van der Waals surface area contributed by atoms with Gasteiger partial charge in [-0.1, -0.05) is 0 Å². The summed E-state index contributed by atoms with van der Waals surface area (Å²) >= 11 is 0. The predicted octanol–water partition coefficient (Wildman–Crippen LogP) is 1.33. The highest BCUT2D eigenvalue weighted by Crippen LogP contribution is 2.07. The number of aromatic nitrogens is 1. The molecule has 0 unspecified atom stereocenters. The van der Waals surface area contributed by atoms with Crippen molar-refractivity contribution in [3.63, 3.8) is 0 Å². The van der Waals surface area contributed by atoms with Crippen molar-refractivity contribution in [3.8, 4) is 0 Å². The zero-order valence-corrected chi connectivity index (χ0v) is 9.21. The molecule has 0 fully saturated rings. The minimum Gasteiger partial charge on any atom is -0.325 e. The van der Waals surface area contributed by atoms with Crippen molar-refractivity contribution in [2.45, 2.75) is 19.8 Å². The van der Waals surface area contributed by atoms with Gasteiger partial charge in [0.25, 0.3) is 0 Å². The number of amides is 1. The first-order chi connectivity index (χ1) is 7.22. The smallest absolute Gasteiger partial charge is 0.224 e. The van der Waals surface area contributed by atoms with Crippen LogP contribution in [-0.2, 0) is 4.79 Å². The molecular formula is C11H17N3O. The lowest BCUT2D eigenvalue weighted by molar-refractivity contribution is -0.116. The van der Waals surface area contributed by atoms with Crippen molar-refractivity contribution in [3.05, 3.63) is 24.0 Å². The van der Waals surface area contributed by atoms with Gasteiger partial charge in [0.15, 0.2) is 0 Å². The molecule has 0 aromatic carbocycles. The zero-order valence-electron chi connectivity index (χ0n) is 9.21. The highest BCUT2D eigenvalue weighted by Gasteiger charge is 2.01. The average molecular weight is 207 g/mol. The molecule has 2 N–H and O–H groups in total. The molecule has 0 aliphatic rings.